The Labute approximate surface area is 133 Å². The van der Waals surface area contributed by atoms with Gasteiger partial charge in [-0.2, -0.15) is 15.2 Å². The van der Waals surface area contributed by atoms with Gasteiger partial charge in [0.25, 0.3) is 0 Å². The number of benzene rings is 1. The number of methoxy groups -OCH3 is 1. The molecule has 0 fully saturated rings. The molecule has 0 spiro atoms. The van der Waals surface area contributed by atoms with Crippen molar-refractivity contribution in [2.45, 2.75) is 26.9 Å². The van der Waals surface area contributed by atoms with Crippen molar-refractivity contribution >= 4 is 12.0 Å². The van der Waals surface area contributed by atoms with E-state index in [9.17, 15) is 4.79 Å². The predicted molar refractivity (Wildman–Crippen MR) is 87.4 cm³/mol. The average molecular weight is 317 g/mol. The van der Waals surface area contributed by atoms with E-state index < -0.39 is 5.69 Å². The highest BCUT2D eigenvalue weighted by Gasteiger charge is 2.07. The Balaban J connectivity index is 2.13. The van der Waals surface area contributed by atoms with Crippen molar-refractivity contribution < 1.29 is 9.47 Å². The van der Waals surface area contributed by atoms with Gasteiger partial charge in [0.2, 0.25) is 0 Å². The van der Waals surface area contributed by atoms with Gasteiger partial charge in [-0.3, -0.25) is 5.43 Å². The molecule has 0 aliphatic carbocycles. The monoisotopic (exact) mass is 317 g/mol. The molecule has 23 heavy (non-hydrogen) atoms. The van der Waals surface area contributed by atoms with Gasteiger partial charge in [-0.1, -0.05) is 0 Å². The summed E-state index contributed by atoms with van der Waals surface area (Å²) in [6.45, 7) is 5.61. The molecule has 0 radical (unpaired) electrons. The number of aromatic nitrogens is 3. The van der Waals surface area contributed by atoms with Gasteiger partial charge in [-0.15, -0.1) is 0 Å². The molecule has 0 saturated carbocycles. The fourth-order valence-electron chi connectivity index (χ4n) is 1.78. The lowest BCUT2D eigenvalue weighted by atomic mass is 10.2. The van der Waals surface area contributed by atoms with Gasteiger partial charge in [0.05, 0.1) is 19.4 Å². The highest BCUT2D eigenvalue weighted by Crippen LogP contribution is 2.28. The number of aryl methyl sites for hydroxylation is 1. The molecule has 2 N–H and O–H groups in total. The summed E-state index contributed by atoms with van der Waals surface area (Å²) in [6.07, 6.45) is 1.65. The molecule has 0 amide bonds. The Hall–Kier alpha value is -2.90. The normalized spacial score (nSPS) is 11.0. The third-order valence-electron chi connectivity index (χ3n) is 2.81. The smallest absolute Gasteiger partial charge is 0.363 e. The predicted octanol–water partition coefficient (Wildman–Crippen LogP) is 1.72. The van der Waals surface area contributed by atoms with Crippen molar-refractivity contribution in [3.63, 3.8) is 0 Å². The van der Waals surface area contributed by atoms with Crippen molar-refractivity contribution in [2.24, 2.45) is 5.10 Å². The van der Waals surface area contributed by atoms with Crippen LogP contribution in [0.15, 0.2) is 28.1 Å². The van der Waals surface area contributed by atoms with E-state index in [1.807, 2.05) is 26.0 Å². The number of anilines is 1. The summed E-state index contributed by atoms with van der Waals surface area (Å²) in [6, 6.07) is 5.47. The van der Waals surface area contributed by atoms with Crippen molar-refractivity contribution in [3.05, 3.63) is 39.9 Å². The first-order valence-electron chi connectivity index (χ1n) is 7.06. The highest BCUT2D eigenvalue weighted by atomic mass is 16.5. The van der Waals surface area contributed by atoms with Crippen LogP contribution in [0.25, 0.3) is 0 Å². The number of hydrogen-bond acceptors (Lipinski definition) is 7. The Kier molecular flexibility index (Phi) is 5.29. The zero-order valence-corrected chi connectivity index (χ0v) is 13.5. The van der Waals surface area contributed by atoms with Crippen LogP contribution in [0.1, 0.15) is 25.1 Å². The second-order valence-electron chi connectivity index (χ2n) is 5.02. The lowest BCUT2D eigenvalue weighted by Gasteiger charge is -2.13. The van der Waals surface area contributed by atoms with E-state index in [1.165, 1.54) is 0 Å². The van der Waals surface area contributed by atoms with Crippen molar-refractivity contribution in [3.8, 4) is 11.5 Å². The molecule has 2 rings (SSSR count). The standard InChI is InChI=1S/C15H19N5O3/c1-9(2)23-12-6-5-11(7-13(12)22-4)8-16-19-14-10(3)18-20-15(21)17-14/h5-9H,1-4H3,(H2,17,19,20,21)/b16-8-. The molecule has 1 heterocycles. The molecule has 0 atom stereocenters. The lowest BCUT2D eigenvalue weighted by molar-refractivity contribution is 0.230. The van der Waals surface area contributed by atoms with Crippen LogP contribution in [-0.2, 0) is 0 Å². The number of nitrogens with zero attached hydrogens (tertiary/aromatic N) is 3. The summed E-state index contributed by atoms with van der Waals surface area (Å²) in [5, 5.41) is 10.1. The number of nitrogens with one attached hydrogen (secondary N) is 2. The maximum absolute atomic E-state index is 11.1. The lowest BCUT2D eigenvalue weighted by Crippen LogP contribution is -2.15. The van der Waals surface area contributed by atoms with E-state index >= 15 is 0 Å². The van der Waals surface area contributed by atoms with E-state index in [0.717, 1.165) is 5.56 Å². The molecule has 1 aromatic carbocycles. The molecule has 8 nitrogen and oxygen atoms in total. The van der Waals surface area contributed by atoms with Crippen LogP contribution < -0.4 is 20.6 Å². The number of hydrogen-bond donors (Lipinski definition) is 2. The van der Waals surface area contributed by atoms with Crippen molar-refractivity contribution in [2.75, 3.05) is 12.5 Å². The Morgan fingerprint density at radius 3 is 2.83 bits per heavy atom. The van der Waals surface area contributed by atoms with Crippen LogP contribution in [-0.4, -0.2) is 34.6 Å². The molecular weight excluding hydrogens is 298 g/mol. The van der Waals surface area contributed by atoms with E-state index in [-0.39, 0.29) is 6.10 Å². The van der Waals surface area contributed by atoms with Crippen LogP contribution >= 0.6 is 0 Å². The second kappa shape index (κ2) is 7.39. The molecule has 0 aliphatic rings. The summed E-state index contributed by atoms with van der Waals surface area (Å²) in [4.78, 5) is 14.9. The number of ether oxygens (including phenoxy) is 2. The van der Waals surface area contributed by atoms with Crippen molar-refractivity contribution in [1.29, 1.82) is 0 Å². The van der Waals surface area contributed by atoms with Crippen LogP contribution in [0.2, 0.25) is 0 Å². The van der Waals surface area contributed by atoms with Crippen LogP contribution in [0.5, 0.6) is 11.5 Å². The molecular formula is C15H19N5O3. The largest absolute Gasteiger partial charge is 0.493 e. The highest BCUT2D eigenvalue weighted by molar-refractivity contribution is 5.81. The minimum atomic E-state index is -0.537. The van der Waals surface area contributed by atoms with E-state index in [2.05, 4.69) is 25.7 Å². The second-order valence-corrected chi connectivity index (χ2v) is 5.02. The van der Waals surface area contributed by atoms with Crippen LogP contribution in [0.4, 0.5) is 5.82 Å². The molecule has 0 unspecified atom stereocenters. The van der Waals surface area contributed by atoms with Gasteiger partial charge in [-0.25, -0.2) is 9.89 Å². The summed E-state index contributed by atoms with van der Waals surface area (Å²) in [5.41, 5.74) is 3.50. The number of hydrazone groups is 1. The minimum Gasteiger partial charge on any atom is -0.493 e. The van der Waals surface area contributed by atoms with E-state index in [1.54, 1.807) is 26.3 Å². The molecule has 8 heteroatoms. The fraction of sp³-hybridized carbons (Fsp3) is 0.333. The molecule has 1 aromatic heterocycles. The summed E-state index contributed by atoms with van der Waals surface area (Å²) in [7, 11) is 1.58. The maximum atomic E-state index is 11.1. The Morgan fingerprint density at radius 1 is 1.35 bits per heavy atom. The molecule has 122 valence electrons. The first-order valence-corrected chi connectivity index (χ1v) is 7.06. The Bertz CT molecular complexity index is 755. The minimum absolute atomic E-state index is 0.0582. The summed E-state index contributed by atoms with van der Waals surface area (Å²) in [5.74, 6) is 1.59. The molecule has 2 aromatic rings. The topological polar surface area (TPSA) is 101 Å². The molecule has 0 aliphatic heterocycles. The zero-order valence-electron chi connectivity index (χ0n) is 13.5. The van der Waals surface area contributed by atoms with Crippen LogP contribution in [0, 0.1) is 6.92 Å². The quantitative estimate of drug-likeness (QED) is 0.621. The summed E-state index contributed by atoms with van der Waals surface area (Å²) >= 11 is 0. The van der Waals surface area contributed by atoms with Gasteiger partial charge >= 0.3 is 5.69 Å². The third-order valence-corrected chi connectivity index (χ3v) is 2.81. The number of rotatable bonds is 6. The fourth-order valence-corrected chi connectivity index (χ4v) is 1.78. The SMILES string of the molecule is COc1cc(/C=N\Nc2nc(=O)[nH]nc2C)ccc1OC(C)C. The van der Waals surface area contributed by atoms with Crippen LogP contribution in [0.3, 0.4) is 0 Å². The maximum Gasteiger partial charge on any atom is 0.363 e. The van der Waals surface area contributed by atoms with Crippen molar-refractivity contribution in [1.82, 2.24) is 15.2 Å². The van der Waals surface area contributed by atoms with Gasteiger partial charge in [0, 0.05) is 0 Å². The van der Waals surface area contributed by atoms with Gasteiger partial charge < -0.3 is 9.47 Å². The zero-order chi connectivity index (χ0) is 16.8. The number of aromatic amines is 1. The third kappa shape index (κ3) is 4.53. The number of H-pyrrole nitrogens is 1. The molecule has 0 bridgehead atoms. The summed E-state index contributed by atoms with van der Waals surface area (Å²) < 4.78 is 11.0. The van der Waals surface area contributed by atoms with Gasteiger partial charge in [0.1, 0.15) is 5.69 Å². The molecule has 0 saturated heterocycles. The first kappa shape index (κ1) is 16.5. The van der Waals surface area contributed by atoms with Gasteiger partial charge in [0.15, 0.2) is 17.3 Å². The Morgan fingerprint density at radius 2 is 2.13 bits per heavy atom. The average Bonchev–Trinajstić information content (AvgIpc) is 2.51. The van der Waals surface area contributed by atoms with E-state index in [0.29, 0.717) is 23.0 Å². The first-order chi connectivity index (χ1) is 11.0. The van der Waals surface area contributed by atoms with E-state index in [4.69, 9.17) is 9.47 Å². The van der Waals surface area contributed by atoms with Gasteiger partial charge in [-0.05, 0) is 44.5 Å².